The van der Waals surface area contributed by atoms with Crippen molar-refractivity contribution in [2.45, 2.75) is 37.5 Å². The molecule has 3 aromatic heterocycles. The van der Waals surface area contributed by atoms with Crippen molar-refractivity contribution in [2.24, 2.45) is 7.05 Å². The van der Waals surface area contributed by atoms with Crippen LogP contribution in [-0.4, -0.2) is 71.4 Å². The Morgan fingerprint density at radius 1 is 1.09 bits per heavy atom. The number of thiazole rings is 1. The van der Waals surface area contributed by atoms with Crippen LogP contribution in [-0.2, 0) is 28.4 Å². The van der Waals surface area contributed by atoms with Gasteiger partial charge < -0.3 is 14.8 Å². The van der Waals surface area contributed by atoms with Crippen molar-refractivity contribution in [1.29, 1.82) is 0 Å². The third kappa shape index (κ3) is 6.95. The fraction of sp³-hybridized carbons (Fsp3) is 0.290. The topological polar surface area (TPSA) is 141 Å². The first kappa shape index (κ1) is 32.4. The van der Waals surface area contributed by atoms with E-state index in [2.05, 4.69) is 30.0 Å². The number of morpholine rings is 1. The van der Waals surface area contributed by atoms with Crippen LogP contribution in [0.25, 0.3) is 22.0 Å². The fourth-order valence-electron chi connectivity index (χ4n) is 5.54. The number of hydrogen-bond acceptors (Lipinski definition) is 10. The van der Waals surface area contributed by atoms with Gasteiger partial charge in [0.15, 0.2) is 0 Å². The van der Waals surface area contributed by atoms with Crippen LogP contribution in [0, 0.1) is 11.6 Å². The van der Waals surface area contributed by atoms with Gasteiger partial charge in [0.1, 0.15) is 32.9 Å². The van der Waals surface area contributed by atoms with E-state index < -0.39 is 32.5 Å². The lowest BCUT2D eigenvalue weighted by molar-refractivity contribution is -0.0705. The van der Waals surface area contributed by atoms with Crippen LogP contribution in [0.2, 0.25) is 0 Å². The van der Waals surface area contributed by atoms with Crippen molar-refractivity contribution >= 4 is 49.5 Å². The van der Waals surface area contributed by atoms with E-state index in [1.165, 1.54) is 30.7 Å². The SMILES string of the molecule is COc1ncc(-c2cc(NC(=O)c3csc(CN4C[C@@H](C)O[C@@H](C)C4)n3)c3cnn(C)c3c2)cc1NS(=O)(=O)c1ccc(F)cc1F. The Bertz CT molecular complexity index is 2080. The second-order valence-corrected chi connectivity index (χ2v) is 13.8. The van der Waals surface area contributed by atoms with Crippen LogP contribution < -0.4 is 14.8 Å². The summed E-state index contributed by atoms with van der Waals surface area (Å²) >= 11 is 1.41. The number of ether oxygens (including phenoxy) is 2. The van der Waals surface area contributed by atoms with Crippen molar-refractivity contribution in [1.82, 2.24) is 24.6 Å². The molecule has 1 saturated heterocycles. The number of halogens is 2. The number of aromatic nitrogens is 4. The molecule has 2 atom stereocenters. The maximum absolute atomic E-state index is 14.4. The number of methoxy groups -OCH3 is 1. The Morgan fingerprint density at radius 3 is 2.55 bits per heavy atom. The summed E-state index contributed by atoms with van der Waals surface area (Å²) < 4.78 is 68.9. The van der Waals surface area contributed by atoms with Gasteiger partial charge in [0.05, 0.1) is 43.3 Å². The molecular weight excluding hydrogens is 653 g/mol. The van der Waals surface area contributed by atoms with Gasteiger partial charge in [-0.1, -0.05) is 0 Å². The van der Waals surface area contributed by atoms with Gasteiger partial charge in [0.2, 0.25) is 5.88 Å². The van der Waals surface area contributed by atoms with Crippen LogP contribution in [0.15, 0.2) is 59.1 Å². The molecule has 0 unspecified atom stereocenters. The number of carbonyl (C=O) groups is 1. The molecule has 47 heavy (non-hydrogen) atoms. The Hall–Kier alpha value is -4.51. The van der Waals surface area contributed by atoms with Gasteiger partial charge in [0, 0.05) is 48.7 Å². The highest BCUT2D eigenvalue weighted by molar-refractivity contribution is 7.92. The zero-order valence-corrected chi connectivity index (χ0v) is 27.5. The van der Waals surface area contributed by atoms with Crippen molar-refractivity contribution < 1.29 is 31.5 Å². The molecule has 0 spiro atoms. The van der Waals surface area contributed by atoms with Crippen molar-refractivity contribution in [3.8, 4) is 17.0 Å². The van der Waals surface area contributed by atoms with Crippen LogP contribution in [0.5, 0.6) is 5.88 Å². The minimum atomic E-state index is -4.49. The number of benzene rings is 2. The Kier molecular flexibility index (Phi) is 8.93. The lowest BCUT2D eigenvalue weighted by Crippen LogP contribution is -2.44. The molecule has 0 radical (unpaired) electrons. The number of pyridine rings is 1. The molecule has 16 heteroatoms. The maximum atomic E-state index is 14.4. The molecule has 6 rings (SSSR count). The largest absolute Gasteiger partial charge is 0.480 e. The highest BCUT2D eigenvalue weighted by Crippen LogP contribution is 2.35. The second kappa shape index (κ2) is 12.9. The summed E-state index contributed by atoms with van der Waals surface area (Å²) in [5, 5.41) is 10.5. The lowest BCUT2D eigenvalue weighted by atomic mass is 10.0. The first-order valence-corrected chi connectivity index (χ1v) is 16.9. The normalized spacial score (nSPS) is 17.1. The quantitative estimate of drug-likeness (QED) is 0.219. The van der Waals surface area contributed by atoms with Crippen LogP contribution in [0.4, 0.5) is 20.2 Å². The summed E-state index contributed by atoms with van der Waals surface area (Å²) in [4.78, 5) is 23.8. The molecule has 246 valence electrons. The highest BCUT2D eigenvalue weighted by Gasteiger charge is 2.25. The smallest absolute Gasteiger partial charge is 0.275 e. The molecule has 2 aromatic carbocycles. The van der Waals surface area contributed by atoms with E-state index in [0.717, 1.165) is 30.2 Å². The van der Waals surface area contributed by atoms with Gasteiger partial charge in [0.25, 0.3) is 15.9 Å². The molecule has 1 fully saturated rings. The zero-order valence-electron chi connectivity index (χ0n) is 25.8. The number of rotatable bonds is 9. The maximum Gasteiger partial charge on any atom is 0.275 e. The van der Waals surface area contributed by atoms with E-state index in [1.54, 1.807) is 29.4 Å². The number of nitrogens with one attached hydrogen (secondary N) is 2. The molecule has 0 aliphatic carbocycles. The third-order valence-electron chi connectivity index (χ3n) is 7.56. The van der Waals surface area contributed by atoms with Crippen LogP contribution in [0.3, 0.4) is 0 Å². The zero-order chi connectivity index (χ0) is 33.5. The standard InChI is InChI=1S/C31H31F2N7O5S2/c1-17-13-40(14-18(2)45-17)15-29-36-26(16-46-29)30(41)37-24-7-19(9-27-22(24)12-35-39(27)3)20-8-25(31(44-4)34-11-20)38-47(42,43)28-6-5-21(32)10-23(28)33/h5-12,16-18,38H,13-15H2,1-4H3,(H,37,41)/t17-,18+. The second-order valence-electron chi connectivity index (χ2n) is 11.2. The Morgan fingerprint density at radius 2 is 1.83 bits per heavy atom. The van der Waals surface area contributed by atoms with E-state index in [9.17, 15) is 22.0 Å². The highest BCUT2D eigenvalue weighted by atomic mass is 32.2. The number of hydrogen-bond donors (Lipinski definition) is 2. The molecule has 0 saturated carbocycles. The first-order valence-electron chi connectivity index (χ1n) is 14.5. The van der Waals surface area contributed by atoms with E-state index in [1.807, 2.05) is 19.9 Å². The van der Waals surface area contributed by atoms with Gasteiger partial charge in [-0.05, 0) is 49.7 Å². The van der Waals surface area contributed by atoms with Gasteiger partial charge in [-0.25, -0.2) is 27.2 Å². The van der Waals surface area contributed by atoms with E-state index >= 15 is 0 Å². The van der Waals surface area contributed by atoms with E-state index in [-0.39, 0.29) is 29.5 Å². The minimum Gasteiger partial charge on any atom is -0.480 e. The number of carbonyl (C=O) groups excluding carboxylic acids is 1. The van der Waals surface area contributed by atoms with Gasteiger partial charge in [-0.15, -0.1) is 11.3 Å². The Labute approximate surface area is 273 Å². The number of sulfonamides is 1. The molecular formula is C31H31F2N7O5S2. The molecule has 2 N–H and O–H groups in total. The fourth-order valence-corrected chi connectivity index (χ4v) is 7.46. The number of aryl methyl sites for hydroxylation is 1. The van der Waals surface area contributed by atoms with Crippen molar-refractivity contribution in [3.63, 3.8) is 0 Å². The molecule has 1 amide bonds. The van der Waals surface area contributed by atoms with E-state index in [0.29, 0.717) is 40.3 Å². The predicted octanol–water partition coefficient (Wildman–Crippen LogP) is 5.04. The monoisotopic (exact) mass is 683 g/mol. The summed E-state index contributed by atoms with van der Waals surface area (Å²) in [6.07, 6.45) is 3.33. The average Bonchev–Trinajstić information content (AvgIpc) is 3.63. The van der Waals surface area contributed by atoms with Crippen molar-refractivity contribution in [2.75, 3.05) is 30.2 Å². The third-order valence-corrected chi connectivity index (χ3v) is 9.79. The summed E-state index contributed by atoms with van der Waals surface area (Å²) in [6.45, 7) is 6.25. The minimum absolute atomic E-state index is 0.0738. The summed E-state index contributed by atoms with van der Waals surface area (Å²) in [7, 11) is -1.43. The number of anilines is 2. The summed E-state index contributed by atoms with van der Waals surface area (Å²) in [6, 6.07) is 7.15. The summed E-state index contributed by atoms with van der Waals surface area (Å²) in [5.41, 5.74) is 2.34. The van der Waals surface area contributed by atoms with Crippen molar-refractivity contribution in [3.05, 3.63) is 76.5 Å². The van der Waals surface area contributed by atoms with Crippen LogP contribution in [0.1, 0.15) is 29.3 Å². The van der Waals surface area contributed by atoms with Gasteiger partial charge >= 0.3 is 0 Å². The molecule has 4 heterocycles. The molecule has 0 bridgehead atoms. The number of fused-ring (bicyclic) bond motifs is 1. The molecule has 12 nitrogen and oxygen atoms in total. The number of amides is 1. The van der Waals surface area contributed by atoms with Gasteiger partial charge in [-0.2, -0.15) is 5.10 Å². The van der Waals surface area contributed by atoms with Gasteiger partial charge in [-0.3, -0.25) is 19.1 Å². The predicted molar refractivity (Wildman–Crippen MR) is 173 cm³/mol. The first-order chi connectivity index (χ1) is 22.4. The summed E-state index contributed by atoms with van der Waals surface area (Å²) in [5.74, 6) is -2.64. The van der Waals surface area contributed by atoms with E-state index in [4.69, 9.17) is 9.47 Å². The molecule has 1 aliphatic heterocycles. The van der Waals surface area contributed by atoms with Crippen LogP contribution >= 0.6 is 11.3 Å². The average molecular weight is 684 g/mol. The number of nitrogens with zero attached hydrogens (tertiary/aromatic N) is 5. The molecule has 1 aliphatic rings. The lowest BCUT2D eigenvalue weighted by Gasteiger charge is -2.34. The Balaban J connectivity index is 1.29. The molecule has 5 aromatic rings.